The number of ether oxygens (including phenoxy) is 8. The van der Waals surface area contributed by atoms with Crippen LogP contribution in [0.25, 0.3) is 0 Å². The molecule has 14 heteroatoms. The second-order valence-electron chi connectivity index (χ2n) is 14.6. The molecule has 0 spiro atoms. The molecule has 7 rings (SSSR count). The van der Waals surface area contributed by atoms with Gasteiger partial charge in [-0.05, 0) is 40.5 Å². The van der Waals surface area contributed by atoms with E-state index in [1.54, 1.807) is 0 Å². The maximum Gasteiger partial charge on any atom is 0.346 e. The van der Waals surface area contributed by atoms with E-state index in [4.69, 9.17) is 33.2 Å². The maximum absolute atomic E-state index is 13.0. The molecule has 4 aromatic rings. The lowest BCUT2D eigenvalue weighted by Gasteiger charge is -2.44. The van der Waals surface area contributed by atoms with Crippen molar-refractivity contribution in [1.82, 2.24) is 10.2 Å². The van der Waals surface area contributed by atoms with E-state index in [9.17, 15) is 19.5 Å². The summed E-state index contributed by atoms with van der Waals surface area (Å²) in [6.07, 6.45) is -1.48. The number of cyclic esters (lactones) is 2. The zero-order chi connectivity index (χ0) is 41.5. The van der Waals surface area contributed by atoms with Gasteiger partial charge in [0.1, 0.15) is 0 Å². The van der Waals surface area contributed by atoms with Gasteiger partial charge in [0.15, 0.2) is 6.29 Å². The van der Waals surface area contributed by atoms with E-state index in [-0.39, 0.29) is 41.9 Å². The predicted molar refractivity (Wildman–Crippen MR) is 217 cm³/mol. The molecule has 1 amide bonds. The molecule has 4 atom stereocenters. The van der Waals surface area contributed by atoms with Crippen LogP contribution in [0.5, 0.6) is 0 Å². The lowest BCUT2D eigenvalue weighted by atomic mass is 9.83. The van der Waals surface area contributed by atoms with E-state index >= 15 is 0 Å². The highest BCUT2D eigenvalue weighted by Gasteiger charge is 2.42. The van der Waals surface area contributed by atoms with Crippen LogP contribution in [0.1, 0.15) is 77.2 Å². The number of amides is 1. The van der Waals surface area contributed by atoms with Crippen molar-refractivity contribution in [1.29, 1.82) is 0 Å². The van der Waals surface area contributed by atoms with E-state index in [1.807, 2.05) is 66.7 Å². The molecule has 0 saturated carbocycles. The number of hydrogen-bond acceptors (Lipinski definition) is 13. The molecule has 318 valence electrons. The van der Waals surface area contributed by atoms with Gasteiger partial charge in [-0.15, -0.1) is 0 Å². The quantitative estimate of drug-likeness (QED) is 0.176. The topological polar surface area (TPSA) is 161 Å². The van der Waals surface area contributed by atoms with Crippen LogP contribution in [0.4, 0.5) is 0 Å². The second kappa shape index (κ2) is 22.1. The molecule has 0 bridgehead atoms. The summed E-state index contributed by atoms with van der Waals surface area (Å²) in [5, 5.41) is 12.7. The van der Waals surface area contributed by atoms with Gasteiger partial charge in [0.2, 0.25) is 0 Å². The van der Waals surface area contributed by atoms with Crippen LogP contribution in [-0.4, -0.2) is 120 Å². The summed E-state index contributed by atoms with van der Waals surface area (Å²) in [5.74, 6) is -2.07. The van der Waals surface area contributed by atoms with Crippen molar-refractivity contribution < 1.29 is 57.4 Å². The number of aliphatic hydroxyl groups excluding tert-OH is 1. The number of esters is 2. The van der Waals surface area contributed by atoms with Crippen LogP contribution in [0.15, 0.2) is 97.1 Å². The molecule has 0 aromatic heterocycles. The van der Waals surface area contributed by atoms with Gasteiger partial charge < -0.3 is 48.3 Å². The van der Waals surface area contributed by atoms with Crippen LogP contribution in [0.2, 0.25) is 0 Å². The zero-order valence-corrected chi connectivity index (χ0v) is 33.5. The Morgan fingerprint density at radius 3 is 1.80 bits per heavy atom. The number of carbonyl (C=O) groups is 3. The fourth-order valence-corrected chi connectivity index (χ4v) is 7.39. The summed E-state index contributed by atoms with van der Waals surface area (Å²) in [5.41, 5.74) is 4.94. The minimum atomic E-state index is -0.764. The molecule has 3 aliphatic rings. The molecule has 3 heterocycles. The van der Waals surface area contributed by atoms with E-state index in [0.29, 0.717) is 85.7 Å². The summed E-state index contributed by atoms with van der Waals surface area (Å²) in [6.45, 7) is 6.84. The predicted octanol–water partition coefficient (Wildman–Crippen LogP) is 4.76. The number of aliphatic hydroxyl groups is 1. The van der Waals surface area contributed by atoms with Gasteiger partial charge in [-0.2, -0.15) is 0 Å². The highest BCUT2D eigenvalue weighted by molar-refractivity contribution is 6.15. The van der Waals surface area contributed by atoms with Crippen molar-refractivity contribution in [3.63, 3.8) is 0 Å². The Kier molecular flexibility index (Phi) is 15.9. The van der Waals surface area contributed by atoms with Gasteiger partial charge in [-0.1, -0.05) is 78.9 Å². The van der Waals surface area contributed by atoms with Crippen molar-refractivity contribution in [2.45, 2.75) is 37.6 Å². The molecule has 0 radical (unpaired) electrons. The first-order valence-electron chi connectivity index (χ1n) is 20.4. The maximum atomic E-state index is 13.0. The van der Waals surface area contributed by atoms with Crippen LogP contribution >= 0.6 is 0 Å². The van der Waals surface area contributed by atoms with E-state index < -0.39 is 30.2 Å². The summed E-state index contributed by atoms with van der Waals surface area (Å²) in [4.78, 5) is 39.2. The van der Waals surface area contributed by atoms with Gasteiger partial charge in [0, 0.05) is 43.2 Å². The van der Waals surface area contributed by atoms with Crippen molar-refractivity contribution in [3.8, 4) is 0 Å². The third-order valence-corrected chi connectivity index (χ3v) is 10.6. The number of nitrogens with zero attached hydrogens (tertiary/aromatic N) is 1. The van der Waals surface area contributed by atoms with Gasteiger partial charge in [-0.25, -0.2) is 9.59 Å². The molecule has 4 unspecified atom stereocenters. The van der Waals surface area contributed by atoms with E-state index in [2.05, 4.69) is 27.1 Å². The van der Waals surface area contributed by atoms with E-state index in [1.165, 1.54) is 18.2 Å². The van der Waals surface area contributed by atoms with Crippen molar-refractivity contribution in [2.75, 3.05) is 85.7 Å². The van der Waals surface area contributed by atoms with Crippen LogP contribution in [-0.2, 0) is 51.0 Å². The highest BCUT2D eigenvalue weighted by Crippen LogP contribution is 2.47. The van der Waals surface area contributed by atoms with Crippen molar-refractivity contribution >= 4 is 17.8 Å². The van der Waals surface area contributed by atoms with Gasteiger partial charge >= 0.3 is 11.9 Å². The summed E-state index contributed by atoms with van der Waals surface area (Å²) < 4.78 is 47.4. The number of carbonyl (C=O) groups excluding carboxylic acids is 3. The summed E-state index contributed by atoms with van der Waals surface area (Å²) in [7, 11) is 0. The molecular weight excluding hydrogens is 773 g/mol. The number of nitrogens with one attached hydrogen (secondary N) is 1. The number of benzene rings is 4. The van der Waals surface area contributed by atoms with Crippen molar-refractivity contribution in [3.05, 3.63) is 142 Å². The normalized spacial score (nSPS) is 22.9. The number of fused-ring (bicyclic) bond motifs is 1. The Balaban J connectivity index is 1.10. The lowest BCUT2D eigenvalue weighted by Crippen LogP contribution is -2.46. The molecule has 3 aliphatic heterocycles. The first-order valence-corrected chi connectivity index (χ1v) is 20.4. The Labute approximate surface area is 349 Å². The minimum Gasteiger partial charge on any atom is -0.392 e. The van der Waals surface area contributed by atoms with Crippen LogP contribution in [0.3, 0.4) is 0 Å². The Morgan fingerprint density at radius 1 is 0.617 bits per heavy atom. The third kappa shape index (κ3) is 11.7. The smallest absolute Gasteiger partial charge is 0.346 e. The SMILES string of the molecule is O=C(NCc1ccc(C2OC(CN3CCOCCOCCOCCOCCOCC3)C(c3ccccc3)C(c3ccc(CO)cc3)O2)cc1)c1ccc2c(c1)C(=O)OC2=O. The molecule has 4 aromatic carbocycles. The standard InChI is InChI=1S/C46H52N2O12/c49-31-33-8-10-35(11-9-33)42-41(34-4-2-1-3-5-34)40(30-48-16-18-53-20-22-55-24-26-57-27-25-56-23-21-54-19-17-48)58-46(59-42)36-12-6-32(7-13-36)29-47-43(50)37-14-15-38-39(28-37)45(52)60-44(38)51/h1-15,28,40-42,46,49H,16-27,29-31H2,(H,47,50). The molecule has 2 N–H and O–H groups in total. The molecular formula is C46H52N2O12. The Hall–Kier alpha value is -4.87. The molecule has 14 nitrogen and oxygen atoms in total. The fraction of sp³-hybridized carbons (Fsp3) is 0.413. The molecule has 60 heavy (non-hydrogen) atoms. The first kappa shape index (κ1) is 43.2. The monoisotopic (exact) mass is 824 g/mol. The molecule has 2 fully saturated rings. The first-order chi connectivity index (χ1) is 29.5. The highest BCUT2D eigenvalue weighted by atomic mass is 16.7. The Morgan fingerprint density at radius 2 is 1.18 bits per heavy atom. The van der Waals surface area contributed by atoms with Gasteiger partial charge in [0.25, 0.3) is 5.91 Å². The largest absolute Gasteiger partial charge is 0.392 e. The number of rotatable bonds is 9. The van der Waals surface area contributed by atoms with Gasteiger partial charge in [0.05, 0.1) is 96.0 Å². The Bertz CT molecular complexity index is 1980. The zero-order valence-electron chi connectivity index (χ0n) is 33.5. The molecule has 0 aliphatic carbocycles. The third-order valence-electron chi connectivity index (χ3n) is 10.6. The average Bonchev–Trinajstić information content (AvgIpc) is 3.57. The number of hydrogen-bond donors (Lipinski definition) is 2. The lowest BCUT2D eigenvalue weighted by molar-refractivity contribution is -0.263. The van der Waals surface area contributed by atoms with Crippen LogP contribution in [0, 0.1) is 0 Å². The van der Waals surface area contributed by atoms with Crippen LogP contribution < -0.4 is 5.32 Å². The second-order valence-corrected chi connectivity index (χ2v) is 14.6. The fourth-order valence-electron chi connectivity index (χ4n) is 7.39. The minimum absolute atomic E-state index is 0.0657. The van der Waals surface area contributed by atoms with Crippen molar-refractivity contribution in [2.24, 2.45) is 0 Å². The summed E-state index contributed by atoms with van der Waals surface area (Å²) in [6, 6.07) is 30.1. The van der Waals surface area contributed by atoms with Gasteiger partial charge in [-0.3, -0.25) is 9.69 Å². The van der Waals surface area contributed by atoms with E-state index in [0.717, 1.165) is 27.8 Å². The molecule has 2 saturated heterocycles. The average molecular weight is 825 g/mol. The summed E-state index contributed by atoms with van der Waals surface area (Å²) >= 11 is 0.